The van der Waals surface area contributed by atoms with Crippen LogP contribution in [0.5, 0.6) is 0 Å². The predicted octanol–water partition coefficient (Wildman–Crippen LogP) is 17.0. The van der Waals surface area contributed by atoms with Gasteiger partial charge in [-0.15, -0.1) is 0 Å². The zero-order valence-corrected chi connectivity index (χ0v) is 37.1. The third-order valence-electron chi connectivity index (χ3n) is 14.3. The van der Waals surface area contributed by atoms with Gasteiger partial charge < -0.3 is 4.57 Å². The maximum Gasteiger partial charge on any atom is 0.0781 e. The summed E-state index contributed by atoms with van der Waals surface area (Å²) in [5.41, 5.74) is 22.0. The zero-order valence-electron chi connectivity index (χ0n) is 37.1. The molecule has 2 heterocycles. The van der Waals surface area contributed by atoms with E-state index in [9.17, 15) is 0 Å². The van der Waals surface area contributed by atoms with Gasteiger partial charge in [0.1, 0.15) is 0 Å². The largest absolute Gasteiger partial charge is 0.309 e. The van der Waals surface area contributed by atoms with E-state index in [0.717, 1.165) is 33.6 Å². The summed E-state index contributed by atoms with van der Waals surface area (Å²) in [6.07, 6.45) is 10.5. The Bertz CT molecular complexity index is 3860. The minimum absolute atomic E-state index is 0.564. The second-order valence-corrected chi connectivity index (χ2v) is 17.8. The minimum Gasteiger partial charge on any atom is -0.309 e. The van der Waals surface area contributed by atoms with E-state index in [0.29, 0.717) is 0 Å². The molecule has 0 saturated heterocycles. The lowest BCUT2D eigenvalue weighted by atomic mass is 9.67. The average Bonchev–Trinajstić information content (AvgIpc) is 4.01. The van der Waals surface area contributed by atoms with Crippen molar-refractivity contribution in [1.29, 1.82) is 0 Å². The summed E-state index contributed by atoms with van der Waals surface area (Å²) >= 11 is 0. The van der Waals surface area contributed by atoms with Crippen LogP contribution in [0.25, 0.3) is 105 Å². The molecule has 0 saturated carbocycles. The van der Waals surface area contributed by atoms with Gasteiger partial charge in [0.25, 0.3) is 0 Å². The number of nitrogens with zero attached hydrogens (tertiary/aromatic N) is 2. The molecule has 2 aromatic heterocycles. The van der Waals surface area contributed by atoms with E-state index >= 15 is 0 Å². The molecule has 2 nitrogen and oxygen atoms in total. The van der Waals surface area contributed by atoms with Crippen LogP contribution in [0.1, 0.15) is 23.6 Å². The van der Waals surface area contributed by atoms with E-state index in [1.165, 1.54) is 93.8 Å². The van der Waals surface area contributed by atoms with Crippen molar-refractivity contribution in [2.24, 2.45) is 0 Å². The Morgan fingerprint density at radius 1 is 0.463 bits per heavy atom. The molecule has 11 aromatic rings. The van der Waals surface area contributed by atoms with Gasteiger partial charge in [0.05, 0.1) is 22.1 Å². The quantitative estimate of drug-likeness (QED) is 0.139. The lowest BCUT2D eigenvalue weighted by molar-refractivity contribution is 0.770. The third-order valence-corrected chi connectivity index (χ3v) is 14.3. The molecule has 0 amide bonds. The van der Waals surface area contributed by atoms with Crippen LogP contribution in [-0.2, 0) is 5.41 Å². The average molecular weight is 853 g/mol. The Balaban J connectivity index is 0.972. The van der Waals surface area contributed by atoms with Crippen LogP contribution in [0.15, 0.2) is 249 Å². The molecule has 0 aliphatic heterocycles. The van der Waals surface area contributed by atoms with Gasteiger partial charge in [-0.3, -0.25) is 4.98 Å². The van der Waals surface area contributed by atoms with E-state index in [2.05, 4.69) is 241 Å². The number of allylic oxidation sites excluding steroid dienone is 5. The van der Waals surface area contributed by atoms with Crippen molar-refractivity contribution < 1.29 is 0 Å². The molecule has 0 N–H and O–H groups in total. The highest BCUT2D eigenvalue weighted by Crippen LogP contribution is 2.57. The summed E-state index contributed by atoms with van der Waals surface area (Å²) < 4.78 is 2.41. The van der Waals surface area contributed by atoms with Crippen LogP contribution >= 0.6 is 0 Å². The van der Waals surface area contributed by atoms with Crippen LogP contribution in [0.4, 0.5) is 0 Å². The van der Waals surface area contributed by atoms with Gasteiger partial charge in [-0.1, -0.05) is 189 Å². The highest BCUT2D eigenvalue weighted by atomic mass is 15.0. The summed E-state index contributed by atoms with van der Waals surface area (Å²) in [7, 11) is 0. The van der Waals surface area contributed by atoms with Gasteiger partial charge >= 0.3 is 0 Å². The molecule has 1 unspecified atom stereocenters. The maximum atomic E-state index is 5.15. The van der Waals surface area contributed by atoms with Crippen molar-refractivity contribution in [2.75, 3.05) is 0 Å². The molecule has 0 bridgehead atoms. The van der Waals surface area contributed by atoms with Crippen LogP contribution < -0.4 is 0 Å². The maximum absolute atomic E-state index is 5.15. The normalized spacial score (nSPS) is 14.6. The monoisotopic (exact) mass is 852 g/mol. The highest BCUT2D eigenvalue weighted by molar-refractivity contribution is 6.18. The standard InChI is InChI=1S/C65H44N2/c1-3-4-7-18-42(2)65(48-21-8-5-9-22-48)59-30-15-14-27-52(59)53-34-31-46(40-60(53)65)45-33-36-62-57(39-45)56-38-44(32-35-61(56)67(62)49-23-10-6-11-24-49)43-19-16-20-47(37-43)64-55-29-17-28-54-50-25-12-13-26-51(50)58(41-66-64)63(54)55/h3-41H,2H2,1H3/b4-3-,18-7-. The van der Waals surface area contributed by atoms with Crippen molar-refractivity contribution in [3.63, 3.8) is 0 Å². The lowest BCUT2D eigenvalue weighted by Crippen LogP contribution is -2.28. The Hall–Kier alpha value is -8.59. The zero-order chi connectivity index (χ0) is 44.6. The Morgan fingerprint density at radius 2 is 1.04 bits per heavy atom. The molecule has 67 heavy (non-hydrogen) atoms. The van der Waals surface area contributed by atoms with Crippen LogP contribution in [0.3, 0.4) is 0 Å². The van der Waals surface area contributed by atoms with E-state index < -0.39 is 5.41 Å². The first-order valence-electron chi connectivity index (χ1n) is 23.2. The van der Waals surface area contributed by atoms with Crippen molar-refractivity contribution in [3.05, 3.63) is 266 Å². The number of benzene rings is 9. The molecule has 0 spiro atoms. The van der Waals surface area contributed by atoms with Gasteiger partial charge in [-0.2, -0.15) is 0 Å². The highest BCUT2D eigenvalue weighted by Gasteiger charge is 2.46. The van der Waals surface area contributed by atoms with E-state index in [1.807, 2.05) is 6.92 Å². The van der Waals surface area contributed by atoms with Crippen molar-refractivity contribution in [1.82, 2.24) is 9.55 Å². The van der Waals surface area contributed by atoms with Crippen LogP contribution in [0.2, 0.25) is 0 Å². The first kappa shape index (κ1) is 38.8. The molecule has 1 atom stereocenters. The first-order chi connectivity index (χ1) is 33.1. The Morgan fingerprint density at radius 3 is 1.79 bits per heavy atom. The summed E-state index contributed by atoms with van der Waals surface area (Å²) in [5, 5.41) is 4.89. The van der Waals surface area contributed by atoms with E-state index in [4.69, 9.17) is 11.6 Å². The molecular weight excluding hydrogens is 809 g/mol. The van der Waals surface area contributed by atoms with Gasteiger partial charge in [0.2, 0.25) is 0 Å². The Labute approximate surface area is 390 Å². The van der Waals surface area contributed by atoms with Crippen molar-refractivity contribution in [3.8, 4) is 72.6 Å². The smallest absolute Gasteiger partial charge is 0.0781 e. The SMILES string of the molecule is C=C(/C=C\C=C/C)C1(c2ccccc2)c2ccccc2-c2ccc(-c3ccc4c(c3)c3cc(-c5cccc(-c6ncc7c8c(cccc68)-c6ccccc6-7)c5)ccc3n4-c3ccccc3)cc21. The number of aromatic nitrogens is 2. The summed E-state index contributed by atoms with van der Waals surface area (Å²) in [6, 6.07) is 75.8. The number of fused-ring (bicyclic) bond motifs is 9. The number of hydrogen-bond acceptors (Lipinski definition) is 1. The lowest BCUT2D eigenvalue weighted by Gasteiger charge is -2.34. The van der Waals surface area contributed by atoms with Gasteiger partial charge in [-0.25, -0.2) is 0 Å². The number of hydrogen-bond donors (Lipinski definition) is 0. The molecule has 13 rings (SSSR count). The molecular formula is C65H44N2. The fraction of sp³-hybridized carbons (Fsp3) is 0.0308. The van der Waals surface area contributed by atoms with Crippen LogP contribution in [-0.4, -0.2) is 9.55 Å². The fourth-order valence-electron chi connectivity index (χ4n) is 11.4. The van der Waals surface area contributed by atoms with E-state index in [-0.39, 0.29) is 0 Å². The second-order valence-electron chi connectivity index (χ2n) is 17.8. The topological polar surface area (TPSA) is 17.8 Å². The summed E-state index contributed by atoms with van der Waals surface area (Å²) in [6.45, 7) is 6.87. The molecule has 9 aromatic carbocycles. The molecule has 0 radical (unpaired) electrons. The third kappa shape index (κ3) is 5.79. The summed E-state index contributed by atoms with van der Waals surface area (Å²) in [5.74, 6) is 0. The fourth-order valence-corrected chi connectivity index (χ4v) is 11.4. The second kappa shape index (κ2) is 15.3. The van der Waals surface area contributed by atoms with Crippen molar-refractivity contribution >= 4 is 32.6 Å². The van der Waals surface area contributed by atoms with Gasteiger partial charge in [0.15, 0.2) is 0 Å². The van der Waals surface area contributed by atoms with Gasteiger partial charge in [0, 0.05) is 44.6 Å². The molecule has 2 aliphatic rings. The number of para-hydroxylation sites is 1. The van der Waals surface area contributed by atoms with Crippen molar-refractivity contribution in [2.45, 2.75) is 12.3 Å². The first-order valence-corrected chi connectivity index (χ1v) is 23.2. The minimum atomic E-state index is -0.564. The molecule has 314 valence electrons. The summed E-state index contributed by atoms with van der Waals surface area (Å²) in [4.78, 5) is 5.15. The Kier molecular flexibility index (Phi) is 8.85. The predicted molar refractivity (Wildman–Crippen MR) is 282 cm³/mol. The van der Waals surface area contributed by atoms with E-state index in [1.54, 1.807) is 0 Å². The molecule has 2 heteroatoms. The van der Waals surface area contributed by atoms with Crippen LogP contribution in [0, 0.1) is 0 Å². The number of pyridine rings is 1. The number of rotatable bonds is 8. The van der Waals surface area contributed by atoms with Gasteiger partial charge in [-0.05, 0) is 128 Å². The molecule has 0 fully saturated rings. The molecule has 2 aliphatic carbocycles.